The number of amides is 2. The van der Waals surface area contributed by atoms with E-state index in [1.807, 2.05) is 0 Å². The lowest BCUT2D eigenvalue weighted by Crippen LogP contribution is -2.33. The molecule has 0 saturated heterocycles. The van der Waals surface area contributed by atoms with Crippen LogP contribution in [0.1, 0.15) is 40.1 Å². The minimum Gasteiger partial charge on any atom is -0.481 e. The van der Waals surface area contributed by atoms with Crippen LogP contribution in [-0.2, 0) is 4.79 Å². The van der Waals surface area contributed by atoms with Crippen LogP contribution in [0.15, 0.2) is 18.3 Å². The molecule has 2 rings (SSSR count). The van der Waals surface area contributed by atoms with Crippen molar-refractivity contribution in [3.8, 4) is 0 Å². The minimum atomic E-state index is -0.816. The Hall–Kier alpha value is -2.44. The van der Waals surface area contributed by atoms with Crippen LogP contribution in [0.4, 0.5) is 0 Å². The third kappa shape index (κ3) is 3.56. The molecule has 1 heterocycles. The zero-order chi connectivity index (χ0) is 15.4. The molecule has 0 bridgehead atoms. The zero-order valence-electron chi connectivity index (χ0n) is 11.6. The van der Waals surface area contributed by atoms with Gasteiger partial charge in [-0.1, -0.05) is 0 Å². The van der Waals surface area contributed by atoms with Gasteiger partial charge in [0.25, 0.3) is 11.8 Å². The molecule has 7 heteroatoms. The maximum absolute atomic E-state index is 12.0. The third-order valence-electron chi connectivity index (χ3n) is 3.60. The number of nitrogens with one attached hydrogen (secondary N) is 2. The average Bonchev–Trinajstić information content (AvgIpc) is 2.95. The molecule has 21 heavy (non-hydrogen) atoms. The van der Waals surface area contributed by atoms with Gasteiger partial charge in [-0.05, 0) is 31.4 Å². The first-order valence-corrected chi connectivity index (χ1v) is 6.73. The van der Waals surface area contributed by atoms with Crippen LogP contribution < -0.4 is 10.6 Å². The number of carbonyl (C=O) groups excluding carboxylic acids is 2. The highest BCUT2D eigenvalue weighted by atomic mass is 16.4. The van der Waals surface area contributed by atoms with E-state index in [2.05, 4.69) is 15.6 Å². The summed E-state index contributed by atoms with van der Waals surface area (Å²) in [6.07, 6.45) is 3.02. The predicted molar refractivity (Wildman–Crippen MR) is 73.9 cm³/mol. The standard InChI is InChI=1S/C14H17N3O4/c1-15-13(19)11-5-3-9(7-16-11)12(18)17-10-4-2-8(6-10)14(20)21/h3,5,7-8,10H,2,4,6H2,1H3,(H,15,19)(H,17,18)(H,20,21)/t8-,10+/m1/s1. The van der Waals surface area contributed by atoms with Crippen LogP contribution in [0.3, 0.4) is 0 Å². The van der Waals surface area contributed by atoms with E-state index in [1.165, 1.54) is 25.4 Å². The smallest absolute Gasteiger partial charge is 0.306 e. The Bertz CT molecular complexity index is 556. The predicted octanol–water partition coefficient (Wildman–Crippen LogP) is 0.424. The number of aromatic nitrogens is 1. The van der Waals surface area contributed by atoms with Gasteiger partial charge in [0, 0.05) is 19.3 Å². The summed E-state index contributed by atoms with van der Waals surface area (Å²) in [7, 11) is 1.50. The Labute approximate surface area is 121 Å². The summed E-state index contributed by atoms with van der Waals surface area (Å²) in [5.41, 5.74) is 0.585. The molecule has 1 aliphatic carbocycles. The maximum Gasteiger partial charge on any atom is 0.306 e. The van der Waals surface area contributed by atoms with E-state index in [0.29, 0.717) is 24.8 Å². The minimum absolute atomic E-state index is 0.128. The van der Waals surface area contributed by atoms with E-state index in [-0.39, 0.29) is 29.5 Å². The van der Waals surface area contributed by atoms with Crippen LogP contribution in [0.2, 0.25) is 0 Å². The summed E-state index contributed by atoms with van der Waals surface area (Å²) in [6, 6.07) is 2.87. The summed E-state index contributed by atoms with van der Waals surface area (Å²) in [4.78, 5) is 38.2. The molecule has 0 aliphatic heterocycles. The van der Waals surface area contributed by atoms with Crippen LogP contribution in [-0.4, -0.2) is 41.0 Å². The monoisotopic (exact) mass is 291 g/mol. The lowest BCUT2D eigenvalue weighted by atomic mass is 10.1. The van der Waals surface area contributed by atoms with Gasteiger partial charge in [-0.25, -0.2) is 0 Å². The van der Waals surface area contributed by atoms with Gasteiger partial charge in [0.05, 0.1) is 11.5 Å². The van der Waals surface area contributed by atoms with Gasteiger partial charge in [-0.3, -0.25) is 19.4 Å². The Morgan fingerprint density at radius 3 is 2.52 bits per heavy atom. The number of carboxylic acid groups (broad SMARTS) is 1. The van der Waals surface area contributed by atoms with Crippen LogP contribution in [0.5, 0.6) is 0 Å². The number of hydrogen-bond donors (Lipinski definition) is 3. The molecular formula is C14H17N3O4. The Morgan fingerprint density at radius 1 is 1.24 bits per heavy atom. The zero-order valence-corrected chi connectivity index (χ0v) is 11.6. The number of pyridine rings is 1. The summed E-state index contributed by atoms with van der Waals surface area (Å²) in [5.74, 6) is -1.82. The van der Waals surface area contributed by atoms with Crippen LogP contribution >= 0.6 is 0 Å². The first-order chi connectivity index (χ1) is 10.0. The highest BCUT2D eigenvalue weighted by Gasteiger charge is 2.30. The highest BCUT2D eigenvalue weighted by molar-refractivity contribution is 5.96. The molecule has 0 spiro atoms. The lowest BCUT2D eigenvalue weighted by molar-refractivity contribution is -0.141. The summed E-state index contributed by atoms with van der Waals surface area (Å²) < 4.78 is 0. The molecule has 1 aliphatic rings. The maximum atomic E-state index is 12.0. The molecule has 7 nitrogen and oxygen atoms in total. The summed E-state index contributed by atoms with van der Waals surface area (Å²) in [5, 5.41) is 14.2. The van der Waals surface area contributed by atoms with Gasteiger partial charge in [0.15, 0.2) is 0 Å². The topological polar surface area (TPSA) is 108 Å². The summed E-state index contributed by atoms with van der Waals surface area (Å²) >= 11 is 0. The summed E-state index contributed by atoms with van der Waals surface area (Å²) in [6.45, 7) is 0. The van der Waals surface area contributed by atoms with Crippen LogP contribution in [0, 0.1) is 5.92 Å². The number of aliphatic carboxylic acids is 1. The van der Waals surface area contributed by atoms with Gasteiger partial charge in [-0.2, -0.15) is 0 Å². The van der Waals surface area contributed by atoms with Crippen molar-refractivity contribution in [3.63, 3.8) is 0 Å². The van der Waals surface area contributed by atoms with Gasteiger partial charge < -0.3 is 15.7 Å². The Kier molecular flexibility index (Phi) is 4.52. The highest BCUT2D eigenvalue weighted by Crippen LogP contribution is 2.25. The first-order valence-electron chi connectivity index (χ1n) is 6.73. The van der Waals surface area contributed by atoms with Crippen molar-refractivity contribution in [3.05, 3.63) is 29.6 Å². The molecule has 2 atom stereocenters. The van der Waals surface area contributed by atoms with E-state index in [4.69, 9.17) is 5.11 Å². The van der Waals surface area contributed by atoms with Crippen molar-refractivity contribution in [1.29, 1.82) is 0 Å². The van der Waals surface area contributed by atoms with Crippen LogP contribution in [0.25, 0.3) is 0 Å². The van der Waals surface area contributed by atoms with Crippen molar-refractivity contribution < 1.29 is 19.5 Å². The Morgan fingerprint density at radius 2 is 2.00 bits per heavy atom. The number of hydrogen-bond acceptors (Lipinski definition) is 4. The van der Waals surface area contributed by atoms with Crippen molar-refractivity contribution in [2.45, 2.75) is 25.3 Å². The number of carboxylic acids is 1. The molecule has 3 N–H and O–H groups in total. The molecular weight excluding hydrogens is 274 g/mol. The van der Waals surface area contributed by atoms with Gasteiger partial charge >= 0.3 is 5.97 Å². The molecule has 0 unspecified atom stereocenters. The number of carbonyl (C=O) groups is 3. The molecule has 1 aromatic heterocycles. The third-order valence-corrected chi connectivity index (χ3v) is 3.60. The largest absolute Gasteiger partial charge is 0.481 e. The fraction of sp³-hybridized carbons (Fsp3) is 0.429. The molecule has 1 aromatic rings. The molecule has 0 aromatic carbocycles. The van der Waals surface area contributed by atoms with E-state index >= 15 is 0 Å². The molecule has 112 valence electrons. The second-order valence-corrected chi connectivity index (χ2v) is 5.03. The second kappa shape index (κ2) is 6.34. The van der Waals surface area contributed by atoms with E-state index in [9.17, 15) is 14.4 Å². The first kappa shape index (κ1) is 15.0. The fourth-order valence-corrected chi connectivity index (χ4v) is 2.40. The average molecular weight is 291 g/mol. The van der Waals surface area contributed by atoms with Gasteiger partial charge in [0.2, 0.25) is 0 Å². The van der Waals surface area contributed by atoms with Gasteiger partial charge in [0.1, 0.15) is 5.69 Å². The molecule has 1 fully saturated rings. The molecule has 1 saturated carbocycles. The SMILES string of the molecule is CNC(=O)c1ccc(C(=O)N[C@H]2CC[C@@H](C(=O)O)C2)cn1. The lowest BCUT2D eigenvalue weighted by Gasteiger charge is -2.12. The van der Waals surface area contributed by atoms with Crippen molar-refractivity contribution >= 4 is 17.8 Å². The van der Waals surface area contributed by atoms with Gasteiger partial charge in [-0.15, -0.1) is 0 Å². The quantitative estimate of drug-likeness (QED) is 0.745. The fourth-order valence-electron chi connectivity index (χ4n) is 2.40. The van der Waals surface area contributed by atoms with Crippen molar-refractivity contribution in [1.82, 2.24) is 15.6 Å². The van der Waals surface area contributed by atoms with E-state index < -0.39 is 5.97 Å². The Balaban J connectivity index is 1.95. The van der Waals surface area contributed by atoms with Crippen molar-refractivity contribution in [2.75, 3.05) is 7.05 Å². The van der Waals surface area contributed by atoms with Crippen molar-refractivity contribution in [2.24, 2.45) is 5.92 Å². The number of rotatable bonds is 4. The number of nitrogens with zero attached hydrogens (tertiary/aromatic N) is 1. The molecule has 0 radical (unpaired) electrons. The molecule has 2 amide bonds. The second-order valence-electron chi connectivity index (χ2n) is 5.03. The van der Waals surface area contributed by atoms with E-state index in [1.54, 1.807) is 0 Å². The normalized spacial score (nSPS) is 20.8. The van der Waals surface area contributed by atoms with E-state index in [0.717, 1.165) is 0 Å².